The van der Waals surface area contributed by atoms with Crippen LogP contribution in [-0.2, 0) is 32.1 Å². The van der Waals surface area contributed by atoms with Crippen molar-refractivity contribution in [2.75, 3.05) is 39.6 Å². The van der Waals surface area contributed by atoms with Crippen LogP contribution in [0.3, 0.4) is 0 Å². The van der Waals surface area contributed by atoms with Crippen LogP contribution in [0.2, 0.25) is 0 Å². The number of carbonyl (C=O) groups excluding carboxylic acids is 5. The van der Waals surface area contributed by atoms with Crippen molar-refractivity contribution >= 4 is 34.7 Å². The number of primary amides is 1. The second-order valence-electron chi connectivity index (χ2n) is 13.1. The zero-order chi connectivity index (χ0) is 30.1. The molecule has 0 heterocycles. The quantitative estimate of drug-likeness (QED) is 0.352. The lowest BCUT2D eigenvalue weighted by Gasteiger charge is -2.52. The lowest BCUT2D eigenvalue weighted by atomic mass is 9.52. The summed E-state index contributed by atoms with van der Waals surface area (Å²) in [6.07, 6.45) is 0.245. The minimum atomic E-state index is -2.73. The van der Waals surface area contributed by atoms with Crippen molar-refractivity contribution in [3.63, 3.8) is 0 Å². The summed E-state index contributed by atoms with van der Waals surface area (Å²) in [5, 5.41) is 26.3. The first kappa shape index (κ1) is 29.8. The monoisotopic (exact) mass is 556 g/mol. The molecule has 40 heavy (non-hydrogen) atoms. The van der Waals surface area contributed by atoms with Crippen LogP contribution >= 0.6 is 0 Å². The maximum Gasteiger partial charge on any atom is 0.235 e. The van der Waals surface area contributed by atoms with Crippen LogP contribution in [0.25, 0.3) is 0 Å². The number of ketones is 4. The van der Waals surface area contributed by atoms with Gasteiger partial charge in [0.2, 0.25) is 5.91 Å². The van der Waals surface area contributed by atoms with Crippen molar-refractivity contribution in [2.45, 2.75) is 51.8 Å². The number of Topliss-reactive ketones (excluding diaryl/α,β-unsaturated/α-hetero) is 4. The molecule has 1 aromatic rings. The summed E-state index contributed by atoms with van der Waals surface area (Å²) in [4.78, 5) is 70.1. The number of nitrogens with two attached hydrogens (primary N) is 1. The van der Waals surface area contributed by atoms with Crippen molar-refractivity contribution in [3.05, 3.63) is 22.8 Å². The van der Waals surface area contributed by atoms with Crippen LogP contribution in [-0.4, -0.2) is 90.5 Å². The Morgan fingerprint density at radius 3 is 2.27 bits per heavy atom. The van der Waals surface area contributed by atoms with Gasteiger partial charge in [-0.3, -0.25) is 28.9 Å². The number of nitrogens with zero attached hydrogens (tertiary/aromatic N) is 2. The zero-order valence-corrected chi connectivity index (χ0v) is 24.2. The molecule has 6 atom stereocenters. The Balaban J connectivity index is 1.83. The summed E-state index contributed by atoms with van der Waals surface area (Å²) in [6, 6.07) is 0.700. The molecule has 4 rings (SSSR count). The Morgan fingerprint density at radius 2 is 1.75 bits per heavy atom. The number of phenols is 1. The van der Waals surface area contributed by atoms with E-state index in [4.69, 9.17) is 5.73 Å². The Labute approximate surface area is 234 Å². The summed E-state index contributed by atoms with van der Waals surface area (Å²) < 4.78 is 0. The number of nitrogens with one attached hydrogen (secondary N) is 1. The first-order chi connectivity index (χ1) is 18.4. The van der Waals surface area contributed by atoms with Crippen molar-refractivity contribution < 1.29 is 34.2 Å². The molecule has 0 bridgehead atoms. The van der Waals surface area contributed by atoms with Gasteiger partial charge in [-0.2, -0.15) is 0 Å². The molecule has 0 aliphatic heterocycles. The fourth-order valence-corrected chi connectivity index (χ4v) is 6.81. The van der Waals surface area contributed by atoms with Crippen molar-refractivity contribution in [1.82, 2.24) is 10.2 Å². The molecule has 3 aliphatic rings. The molecule has 11 heteroatoms. The molecular weight excluding hydrogens is 516 g/mol. The molecule has 0 spiro atoms. The highest BCUT2D eigenvalue weighted by Crippen LogP contribution is 2.52. The van der Waals surface area contributed by atoms with Gasteiger partial charge in [-0.15, -0.1) is 0 Å². The Bertz CT molecular complexity index is 1300. The molecule has 1 aromatic carbocycles. The van der Waals surface area contributed by atoms with Crippen LogP contribution < -0.4 is 16.0 Å². The Kier molecular flexibility index (Phi) is 7.49. The number of aromatic hydroxyl groups is 1. The van der Waals surface area contributed by atoms with Crippen molar-refractivity contribution in [2.24, 2.45) is 34.8 Å². The van der Waals surface area contributed by atoms with Crippen LogP contribution in [0.1, 0.15) is 48.7 Å². The average molecular weight is 557 g/mol. The third-order valence-electron chi connectivity index (χ3n) is 8.57. The summed E-state index contributed by atoms with van der Waals surface area (Å²) in [5.41, 5.74) is 4.41. The molecule has 2 saturated carbocycles. The highest BCUT2D eigenvalue weighted by Gasteiger charge is 2.69. The van der Waals surface area contributed by atoms with E-state index in [0.29, 0.717) is 23.4 Å². The molecule has 1 amide bonds. The van der Waals surface area contributed by atoms with E-state index in [9.17, 15) is 34.2 Å². The number of hydrogen-bond donors (Lipinski definition) is 4. The van der Waals surface area contributed by atoms with E-state index in [1.165, 1.54) is 4.90 Å². The normalized spacial score (nSPS) is 30.2. The minimum Gasteiger partial charge on any atom is -0.507 e. The molecule has 0 radical (unpaired) electrons. The van der Waals surface area contributed by atoms with Gasteiger partial charge in [-0.05, 0) is 49.9 Å². The molecule has 0 aromatic heterocycles. The fraction of sp³-hybridized carbons (Fsp3) is 0.621. The van der Waals surface area contributed by atoms with Crippen LogP contribution in [0.15, 0.2) is 6.07 Å². The van der Waals surface area contributed by atoms with E-state index >= 15 is 0 Å². The minimum absolute atomic E-state index is 0.00496. The third kappa shape index (κ3) is 4.53. The number of anilines is 1. The number of rotatable bonds is 6. The van der Waals surface area contributed by atoms with E-state index in [1.54, 1.807) is 14.1 Å². The lowest BCUT2D eigenvalue weighted by molar-refractivity contribution is -0.181. The molecule has 2 unspecified atom stereocenters. The van der Waals surface area contributed by atoms with E-state index in [1.807, 2.05) is 25.1 Å². The van der Waals surface area contributed by atoms with E-state index in [0.717, 1.165) is 0 Å². The number of hydrogen-bond acceptors (Lipinski definition) is 10. The van der Waals surface area contributed by atoms with Gasteiger partial charge in [0.1, 0.15) is 5.75 Å². The molecule has 3 aliphatic carbocycles. The van der Waals surface area contributed by atoms with Gasteiger partial charge in [0.25, 0.3) is 0 Å². The van der Waals surface area contributed by atoms with Crippen molar-refractivity contribution in [3.8, 4) is 5.75 Å². The Hall–Kier alpha value is -3.15. The Morgan fingerprint density at radius 1 is 1.12 bits per heavy atom. The number of benzene rings is 1. The number of likely N-dealkylation sites (N-methyl/N-ethyl adjacent to an activating group) is 1. The number of carbonyl (C=O) groups is 5. The largest absolute Gasteiger partial charge is 0.507 e. The topological polar surface area (TPSA) is 170 Å². The predicted molar refractivity (Wildman–Crippen MR) is 147 cm³/mol. The molecule has 218 valence electrons. The first-order valence-corrected chi connectivity index (χ1v) is 13.5. The number of aliphatic hydroxyl groups is 1. The summed E-state index contributed by atoms with van der Waals surface area (Å²) in [6.45, 7) is 7.14. The highest BCUT2D eigenvalue weighted by molar-refractivity contribution is 6.32. The molecular formula is C29H40N4O7. The van der Waals surface area contributed by atoms with Crippen LogP contribution in [0, 0.1) is 29.1 Å². The number of fused-ring (bicyclic) bond motifs is 3. The molecule has 11 nitrogen and oxygen atoms in total. The van der Waals surface area contributed by atoms with Gasteiger partial charge >= 0.3 is 0 Å². The number of amides is 1. The summed E-state index contributed by atoms with van der Waals surface area (Å²) in [5.74, 6) is -10.4. The SMILES string of the molecule is CN(C)c1cc(CNCC(C)(C)C)c(O)c2c1C[C@@H]1C[C@@H]3[C@@H](N(C)C)C(=O)C(C(N)=O)C(=O)[C@]3(O)C(=O)C1C2=O. The molecule has 0 saturated heterocycles. The van der Waals surface area contributed by atoms with E-state index in [2.05, 4.69) is 26.1 Å². The predicted octanol–water partition coefficient (Wildman–Crippen LogP) is 0.0687. The van der Waals surface area contributed by atoms with Gasteiger partial charge in [0.15, 0.2) is 34.7 Å². The molecule has 2 fully saturated rings. The second-order valence-corrected chi connectivity index (χ2v) is 13.1. The standard InChI is InChI=1S/C29H40N4O7/c1-28(2,3)12-31-11-14-10-17(32(4)5)15-8-13-9-16-21(33(6)7)24(36)20(27(30)39)26(38)29(16,40)25(37)18(13)23(35)19(15)22(14)34/h10,13,16,18,20-21,31,34,40H,8-9,11-12H2,1-7H3,(H2,30,39)/t13-,16-,18?,20?,21-,29-/m1/s1. The smallest absolute Gasteiger partial charge is 0.235 e. The maximum absolute atomic E-state index is 14.0. The summed E-state index contributed by atoms with van der Waals surface area (Å²) in [7, 11) is 6.77. The second kappa shape index (κ2) is 10.0. The fourth-order valence-electron chi connectivity index (χ4n) is 6.81. The lowest BCUT2D eigenvalue weighted by Crippen LogP contribution is -2.74. The first-order valence-electron chi connectivity index (χ1n) is 13.5. The van der Waals surface area contributed by atoms with Gasteiger partial charge in [0.05, 0.1) is 17.5 Å². The molecule has 5 N–H and O–H groups in total. The van der Waals surface area contributed by atoms with Crippen LogP contribution in [0.4, 0.5) is 5.69 Å². The van der Waals surface area contributed by atoms with Crippen LogP contribution in [0.5, 0.6) is 5.75 Å². The average Bonchev–Trinajstić information content (AvgIpc) is 2.81. The van der Waals surface area contributed by atoms with Gasteiger partial charge in [0, 0.05) is 44.4 Å². The highest BCUT2D eigenvalue weighted by atomic mass is 16.3. The number of phenolic OH excluding ortho intramolecular Hbond substituents is 1. The van der Waals surface area contributed by atoms with Gasteiger partial charge < -0.3 is 26.2 Å². The van der Waals surface area contributed by atoms with Gasteiger partial charge in [-0.25, -0.2) is 0 Å². The van der Waals surface area contributed by atoms with Gasteiger partial charge in [-0.1, -0.05) is 20.8 Å². The zero-order valence-electron chi connectivity index (χ0n) is 24.2. The van der Waals surface area contributed by atoms with E-state index in [-0.39, 0.29) is 36.1 Å². The third-order valence-corrected chi connectivity index (χ3v) is 8.57. The van der Waals surface area contributed by atoms with E-state index < -0.39 is 64.4 Å². The summed E-state index contributed by atoms with van der Waals surface area (Å²) >= 11 is 0. The maximum atomic E-state index is 14.0. The van der Waals surface area contributed by atoms with Crippen molar-refractivity contribution in [1.29, 1.82) is 0 Å².